The molecule has 0 aliphatic rings. The number of nitrogens with one attached hydrogen (secondary N) is 1. The van der Waals surface area contributed by atoms with Gasteiger partial charge in [-0.05, 0) is 41.5 Å². The Morgan fingerprint density at radius 2 is 2.12 bits per heavy atom. The van der Waals surface area contributed by atoms with Crippen molar-refractivity contribution in [2.45, 2.75) is 19.9 Å². The van der Waals surface area contributed by atoms with Crippen LogP contribution in [-0.2, 0) is 0 Å². The van der Waals surface area contributed by atoms with Crippen LogP contribution in [0.1, 0.15) is 25.8 Å². The van der Waals surface area contributed by atoms with Crippen molar-refractivity contribution in [1.82, 2.24) is 15.5 Å². The topological polar surface area (TPSA) is 51.0 Å². The maximum absolute atomic E-state index is 5.65. The molecule has 0 amide bonds. The first-order valence-corrected chi connectivity index (χ1v) is 6.33. The van der Waals surface area contributed by atoms with Gasteiger partial charge in [0.2, 0.25) is 11.8 Å². The van der Waals surface area contributed by atoms with E-state index in [0.717, 1.165) is 16.6 Å². The highest BCUT2D eigenvalue weighted by Gasteiger charge is 2.15. The maximum Gasteiger partial charge on any atom is 0.248 e. The van der Waals surface area contributed by atoms with Crippen LogP contribution < -0.4 is 5.32 Å². The molecule has 1 unspecified atom stereocenters. The molecule has 0 spiro atoms. The Bertz CT molecular complexity index is 498. The summed E-state index contributed by atoms with van der Waals surface area (Å²) in [5, 5.41) is 11.3. The fourth-order valence-corrected chi connectivity index (χ4v) is 2.00. The predicted octanol–water partition coefficient (Wildman–Crippen LogP) is 3.17. The number of aromatic nitrogens is 2. The lowest BCUT2D eigenvalue weighted by Crippen LogP contribution is -2.17. The molecule has 0 aliphatic carbocycles. The summed E-state index contributed by atoms with van der Waals surface area (Å²) in [7, 11) is 0. The molecule has 1 atom stereocenters. The number of nitrogens with zero attached hydrogens (tertiary/aromatic N) is 2. The minimum absolute atomic E-state index is 0.0729. The van der Waals surface area contributed by atoms with E-state index in [4.69, 9.17) is 4.42 Å². The van der Waals surface area contributed by atoms with Gasteiger partial charge in [0.15, 0.2) is 0 Å². The summed E-state index contributed by atoms with van der Waals surface area (Å²) in [5.74, 6) is 1.15. The van der Waals surface area contributed by atoms with Crippen LogP contribution in [0.3, 0.4) is 0 Å². The fourth-order valence-electron chi connectivity index (χ4n) is 1.55. The molecule has 0 radical (unpaired) electrons. The third kappa shape index (κ3) is 2.73. The second kappa shape index (κ2) is 5.42. The van der Waals surface area contributed by atoms with Crippen LogP contribution in [0.25, 0.3) is 11.5 Å². The van der Waals surface area contributed by atoms with E-state index in [1.54, 1.807) is 0 Å². The molecule has 0 bridgehead atoms. The van der Waals surface area contributed by atoms with Crippen molar-refractivity contribution >= 4 is 15.9 Å². The average molecular weight is 296 g/mol. The van der Waals surface area contributed by atoms with Crippen molar-refractivity contribution in [2.24, 2.45) is 0 Å². The van der Waals surface area contributed by atoms with E-state index in [2.05, 4.69) is 31.4 Å². The van der Waals surface area contributed by atoms with Crippen molar-refractivity contribution in [3.63, 3.8) is 0 Å². The molecule has 0 saturated carbocycles. The third-order valence-corrected chi connectivity index (χ3v) is 3.12. The van der Waals surface area contributed by atoms with Crippen LogP contribution in [0.4, 0.5) is 0 Å². The average Bonchev–Trinajstić information content (AvgIpc) is 2.79. The third-order valence-electron chi connectivity index (χ3n) is 2.43. The van der Waals surface area contributed by atoms with Crippen LogP contribution >= 0.6 is 15.9 Å². The minimum atomic E-state index is 0.0729. The Kier molecular flexibility index (Phi) is 3.91. The Hall–Kier alpha value is -1.20. The zero-order valence-electron chi connectivity index (χ0n) is 9.77. The van der Waals surface area contributed by atoms with Gasteiger partial charge in [-0.15, -0.1) is 10.2 Å². The lowest BCUT2D eigenvalue weighted by atomic mass is 10.2. The van der Waals surface area contributed by atoms with Gasteiger partial charge in [-0.2, -0.15) is 0 Å². The van der Waals surface area contributed by atoms with Crippen molar-refractivity contribution < 1.29 is 4.42 Å². The summed E-state index contributed by atoms with van der Waals surface area (Å²) in [4.78, 5) is 0. The summed E-state index contributed by atoms with van der Waals surface area (Å²) in [5.41, 5.74) is 0.912. The van der Waals surface area contributed by atoms with Crippen LogP contribution in [-0.4, -0.2) is 16.7 Å². The summed E-state index contributed by atoms with van der Waals surface area (Å²) >= 11 is 3.47. The first kappa shape index (κ1) is 12.3. The second-order valence-corrected chi connectivity index (χ2v) is 4.56. The molecule has 1 aromatic heterocycles. The molecule has 4 nitrogen and oxygen atoms in total. The monoisotopic (exact) mass is 295 g/mol. The summed E-state index contributed by atoms with van der Waals surface area (Å²) in [6.07, 6.45) is 0. The van der Waals surface area contributed by atoms with E-state index in [9.17, 15) is 0 Å². The molecule has 2 aromatic rings. The Labute approximate surface area is 109 Å². The Morgan fingerprint density at radius 1 is 1.35 bits per heavy atom. The van der Waals surface area contributed by atoms with Gasteiger partial charge in [-0.25, -0.2) is 0 Å². The van der Waals surface area contributed by atoms with Crippen molar-refractivity contribution in [1.29, 1.82) is 0 Å². The zero-order chi connectivity index (χ0) is 12.3. The van der Waals surface area contributed by atoms with Crippen LogP contribution in [0, 0.1) is 0 Å². The fraction of sp³-hybridized carbons (Fsp3) is 0.333. The van der Waals surface area contributed by atoms with Crippen LogP contribution in [0.2, 0.25) is 0 Å². The highest BCUT2D eigenvalue weighted by atomic mass is 79.9. The van der Waals surface area contributed by atoms with E-state index in [-0.39, 0.29) is 6.04 Å². The molecule has 90 valence electrons. The van der Waals surface area contributed by atoms with Crippen LogP contribution in [0.5, 0.6) is 0 Å². The number of hydrogen-bond acceptors (Lipinski definition) is 4. The van der Waals surface area contributed by atoms with Gasteiger partial charge in [-0.1, -0.05) is 19.1 Å². The van der Waals surface area contributed by atoms with E-state index in [1.807, 2.05) is 38.1 Å². The van der Waals surface area contributed by atoms with Gasteiger partial charge in [-0.3, -0.25) is 0 Å². The van der Waals surface area contributed by atoms with Gasteiger partial charge in [0.1, 0.15) is 0 Å². The number of halogens is 1. The molecular weight excluding hydrogens is 282 g/mol. The maximum atomic E-state index is 5.65. The lowest BCUT2D eigenvalue weighted by Gasteiger charge is -2.05. The normalized spacial score (nSPS) is 12.6. The van der Waals surface area contributed by atoms with Gasteiger partial charge in [0.25, 0.3) is 0 Å². The van der Waals surface area contributed by atoms with E-state index < -0.39 is 0 Å². The van der Waals surface area contributed by atoms with Gasteiger partial charge in [0, 0.05) is 4.47 Å². The molecule has 1 aromatic carbocycles. The summed E-state index contributed by atoms with van der Waals surface area (Å²) < 4.78 is 6.60. The summed E-state index contributed by atoms with van der Waals surface area (Å²) in [6.45, 7) is 4.91. The quantitative estimate of drug-likeness (QED) is 0.941. The first-order valence-electron chi connectivity index (χ1n) is 5.54. The lowest BCUT2D eigenvalue weighted by molar-refractivity contribution is 0.429. The van der Waals surface area contributed by atoms with Crippen molar-refractivity contribution in [3.05, 3.63) is 34.6 Å². The number of benzene rings is 1. The molecule has 2 rings (SSSR count). The first-order chi connectivity index (χ1) is 8.22. The largest absolute Gasteiger partial charge is 0.419 e. The Morgan fingerprint density at radius 3 is 2.82 bits per heavy atom. The minimum Gasteiger partial charge on any atom is -0.419 e. The highest BCUT2D eigenvalue weighted by molar-refractivity contribution is 9.10. The second-order valence-electron chi connectivity index (χ2n) is 3.70. The molecular formula is C12H14BrN3O. The number of hydrogen-bond donors (Lipinski definition) is 1. The molecule has 0 saturated heterocycles. The van der Waals surface area contributed by atoms with E-state index in [0.29, 0.717) is 11.8 Å². The predicted molar refractivity (Wildman–Crippen MR) is 69.5 cm³/mol. The SMILES string of the molecule is CCNC(C)c1nnc(-c2ccccc2Br)o1. The van der Waals surface area contributed by atoms with Crippen molar-refractivity contribution in [2.75, 3.05) is 6.54 Å². The molecule has 0 fully saturated rings. The smallest absolute Gasteiger partial charge is 0.248 e. The highest BCUT2D eigenvalue weighted by Crippen LogP contribution is 2.27. The van der Waals surface area contributed by atoms with Gasteiger partial charge in [0.05, 0.1) is 11.6 Å². The molecule has 5 heteroatoms. The Balaban J connectivity index is 2.27. The molecule has 1 N–H and O–H groups in total. The standard InChI is InChI=1S/C12H14BrN3O/c1-3-14-8(2)11-15-16-12(17-11)9-6-4-5-7-10(9)13/h4-8,14H,3H2,1-2H3. The van der Waals surface area contributed by atoms with E-state index in [1.165, 1.54) is 0 Å². The molecule has 1 heterocycles. The van der Waals surface area contributed by atoms with Crippen molar-refractivity contribution in [3.8, 4) is 11.5 Å². The van der Waals surface area contributed by atoms with Gasteiger partial charge >= 0.3 is 0 Å². The van der Waals surface area contributed by atoms with E-state index >= 15 is 0 Å². The van der Waals surface area contributed by atoms with Crippen LogP contribution in [0.15, 0.2) is 33.2 Å². The molecule has 17 heavy (non-hydrogen) atoms. The number of rotatable bonds is 4. The molecule has 0 aliphatic heterocycles. The summed E-state index contributed by atoms with van der Waals surface area (Å²) in [6, 6.07) is 7.86. The zero-order valence-corrected chi connectivity index (χ0v) is 11.4. The van der Waals surface area contributed by atoms with Gasteiger partial charge < -0.3 is 9.73 Å².